The number of nitrogen functional groups attached to an aromatic ring is 1. The molecule has 1 heterocycles. The van der Waals surface area contributed by atoms with Gasteiger partial charge in [-0.15, -0.1) is 0 Å². The van der Waals surface area contributed by atoms with E-state index in [1.165, 1.54) is 0 Å². The van der Waals surface area contributed by atoms with Crippen molar-refractivity contribution in [3.63, 3.8) is 0 Å². The molecule has 0 aliphatic heterocycles. The van der Waals surface area contributed by atoms with Crippen LogP contribution in [0.3, 0.4) is 0 Å². The van der Waals surface area contributed by atoms with Gasteiger partial charge in [0.2, 0.25) is 0 Å². The molecule has 3 rings (SSSR count). The summed E-state index contributed by atoms with van der Waals surface area (Å²) in [5, 5.41) is 18.5. The summed E-state index contributed by atoms with van der Waals surface area (Å²) in [6, 6.07) is 12.2. The van der Waals surface area contributed by atoms with E-state index in [1.807, 2.05) is 49.3 Å². The Morgan fingerprint density at radius 3 is 2.32 bits per heavy atom. The van der Waals surface area contributed by atoms with Crippen LogP contribution >= 0.6 is 0 Å². The lowest BCUT2D eigenvalue weighted by atomic mass is 10.2. The molecule has 0 aliphatic rings. The van der Waals surface area contributed by atoms with E-state index in [0.29, 0.717) is 6.07 Å². The molecule has 148 valence electrons. The molecule has 2 aromatic carbocycles. The summed E-state index contributed by atoms with van der Waals surface area (Å²) < 4.78 is 29.8. The summed E-state index contributed by atoms with van der Waals surface area (Å²) in [6.45, 7) is 0. The van der Waals surface area contributed by atoms with Gasteiger partial charge in [-0.25, -0.2) is 9.78 Å². The number of rotatable bonds is 3. The number of hydrogen-bond acceptors (Lipinski definition) is 7. The average molecular weight is 405 g/mol. The molecule has 0 bridgehead atoms. The molecule has 3 aromatic rings. The monoisotopic (exact) mass is 405 g/mol. The molecule has 0 saturated carbocycles. The molecule has 0 amide bonds. The first-order valence-corrected chi connectivity index (χ1v) is 9.31. The molecule has 0 spiro atoms. The van der Waals surface area contributed by atoms with Crippen molar-refractivity contribution in [2.75, 3.05) is 24.7 Å². The summed E-state index contributed by atoms with van der Waals surface area (Å²) in [6.07, 6.45) is 0. The van der Waals surface area contributed by atoms with E-state index in [0.717, 1.165) is 34.5 Å². The van der Waals surface area contributed by atoms with Crippen LogP contribution in [0.25, 0.3) is 10.9 Å². The molecule has 28 heavy (non-hydrogen) atoms. The number of phenols is 1. The minimum atomic E-state index is -4.45. The maximum Gasteiger partial charge on any atom is 0.339 e. The van der Waals surface area contributed by atoms with Crippen LogP contribution in [0.15, 0.2) is 53.4 Å². The first-order valence-electron chi connectivity index (χ1n) is 7.87. The van der Waals surface area contributed by atoms with Crippen LogP contribution in [0, 0.1) is 0 Å². The highest BCUT2D eigenvalue weighted by Crippen LogP contribution is 2.23. The van der Waals surface area contributed by atoms with Gasteiger partial charge in [-0.3, -0.25) is 4.55 Å². The Labute approximate surface area is 161 Å². The molecule has 9 nitrogen and oxygen atoms in total. The van der Waals surface area contributed by atoms with Gasteiger partial charge < -0.3 is 20.8 Å². The van der Waals surface area contributed by atoms with Gasteiger partial charge in [-0.05, 0) is 24.3 Å². The number of nitrogens with zero attached hydrogens (tertiary/aromatic N) is 2. The predicted molar refractivity (Wildman–Crippen MR) is 105 cm³/mol. The highest BCUT2D eigenvalue weighted by molar-refractivity contribution is 7.85. The second-order valence-corrected chi connectivity index (χ2v) is 7.36. The van der Waals surface area contributed by atoms with Crippen molar-refractivity contribution in [2.45, 2.75) is 4.90 Å². The number of aromatic hydroxyl groups is 1. The van der Waals surface area contributed by atoms with Gasteiger partial charge in [0.15, 0.2) is 0 Å². The van der Waals surface area contributed by atoms with Gasteiger partial charge in [0.1, 0.15) is 17.1 Å². The number of carbonyl (C=O) groups is 1. The average Bonchev–Trinajstić information content (AvgIpc) is 2.61. The molecule has 0 aliphatic carbocycles. The number of para-hydroxylation sites is 1. The van der Waals surface area contributed by atoms with Crippen LogP contribution in [0.1, 0.15) is 10.4 Å². The fraction of sp³-hybridized carbons (Fsp3) is 0.111. The third-order valence-electron chi connectivity index (χ3n) is 3.69. The Morgan fingerprint density at radius 2 is 1.75 bits per heavy atom. The molecular weight excluding hydrogens is 386 g/mol. The number of carboxylic acid groups (broad SMARTS) is 1. The van der Waals surface area contributed by atoms with E-state index < -0.39 is 32.3 Å². The van der Waals surface area contributed by atoms with Crippen molar-refractivity contribution in [1.82, 2.24) is 4.98 Å². The Balaban J connectivity index is 0.000000200. The number of nitrogens with two attached hydrogens (primary N) is 1. The zero-order chi connectivity index (χ0) is 21.1. The van der Waals surface area contributed by atoms with E-state index in [1.54, 1.807) is 0 Å². The maximum atomic E-state index is 10.6. The third kappa shape index (κ3) is 4.87. The highest BCUT2D eigenvalue weighted by Gasteiger charge is 2.16. The lowest BCUT2D eigenvalue weighted by Gasteiger charge is -2.13. The van der Waals surface area contributed by atoms with E-state index in [2.05, 4.69) is 4.98 Å². The zero-order valence-electron chi connectivity index (χ0n) is 15.1. The van der Waals surface area contributed by atoms with Crippen LogP contribution in [0.2, 0.25) is 0 Å². The minimum Gasteiger partial charge on any atom is -0.507 e. The summed E-state index contributed by atoms with van der Waals surface area (Å²) in [5.74, 6) is -1.15. The molecule has 5 N–H and O–H groups in total. The number of carboxylic acids is 1. The normalized spacial score (nSPS) is 10.8. The van der Waals surface area contributed by atoms with Crippen LogP contribution in [-0.2, 0) is 10.1 Å². The van der Waals surface area contributed by atoms with Crippen molar-refractivity contribution in [2.24, 2.45) is 0 Å². The van der Waals surface area contributed by atoms with E-state index in [4.69, 9.17) is 20.5 Å². The van der Waals surface area contributed by atoms with Crippen molar-refractivity contribution in [3.8, 4) is 5.75 Å². The Hall–Kier alpha value is -3.37. The van der Waals surface area contributed by atoms with Crippen molar-refractivity contribution in [3.05, 3.63) is 54.1 Å². The first kappa shape index (κ1) is 20.9. The van der Waals surface area contributed by atoms with Crippen LogP contribution < -0.4 is 10.6 Å². The molecule has 0 fully saturated rings. The van der Waals surface area contributed by atoms with Gasteiger partial charge in [0.25, 0.3) is 10.1 Å². The molecule has 0 unspecified atom stereocenters. The number of benzene rings is 2. The summed E-state index contributed by atoms with van der Waals surface area (Å²) in [4.78, 5) is 16.3. The molecule has 0 atom stereocenters. The Morgan fingerprint density at radius 1 is 1.11 bits per heavy atom. The van der Waals surface area contributed by atoms with Gasteiger partial charge >= 0.3 is 5.97 Å². The van der Waals surface area contributed by atoms with Crippen LogP contribution in [-0.4, -0.2) is 48.2 Å². The third-order valence-corrected chi connectivity index (χ3v) is 4.54. The number of aromatic nitrogens is 1. The van der Waals surface area contributed by atoms with Crippen LogP contribution in [0.5, 0.6) is 5.75 Å². The lowest BCUT2D eigenvalue weighted by molar-refractivity contribution is 0.0693. The molecule has 1 aromatic heterocycles. The highest BCUT2D eigenvalue weighted by atomic mass is 32.2. The number of anilines is 2. The predicted octanol–water partition coefficient (Wildman–Crippen LogP) is 2.22. The Bertz CT molecular complexity index is 1130. The summed E-state index contributed by atoms with van der Waals surface area (Å²) >= 11 is 0. The molecule has 10 heteroatoms. The lowest BCUT2D eigenvalue weighted by Crippen LogP contribution is -2.11. The van der Waals surface area contributed by atoms with E-state index in [-0.39, 0.29) is 0 Å². The minimum absolute atomic E-state index is 0.565. The number of aromatic carboxylic acids is 1. The fourth-order valence-corrected chi connectivity index (χ4v) is 2.77. The van der Waals surface area contributed by atoms with Crippen molar-refractivity contribution >= 4 is 38.5 Å². The fourth-order valence-electron chi connectivity index (χ4n) is 2.26. The number of fused-ring (bicyclic) bond motifs is 1. The van der Waals surface area contributed by atoms with Gasteiger partial charge in [0, 0.05) is 31.2 Å². The van der Waals surface area contributed by atoms with Gasteiger partial charge in [-0.2, -0.15) is 8.42 Å². The SMILES string of the molecule is CN(C)c1cc(N)c2ccccc2n1.O=C(O)c1cc(S(=O)(=O)O)ccc1O. The first-order chi connectivity index (χ1) is 13.0. The van der Waals surface area contributed by atoms with E-state index in [9.17, 15) is 13.2 Å². The summed E-state index contributed by atoms with van der Waals surface area (Å²) in [7, 11) is -0.540. The van der Waals surface area contributed by atoms with Crippen molar-refractivity contribution < 1.29 is 28.0 Å². The zero-order valence-corrected chi connectivity index (χ0v) is 15.9. The molecular formula is C18H19N3O6S. The largest absolute Gasteiger partial charge is 0.507 e. The quantitative estimate of drug-likeness (QED) is 0.480. The smallest absolute Gasteiger partial charge is 0.339 e. The molecule has 0 radical (unpaired) electrons. The van der Waals surface area contributed by atoms with Gasteiger partial charge in [-0.1, -0.05) is 18.2 Å². The summed E-state index contributed by atoms with van der Waals surface area (Å²) in [5.41, 5.74) is 7.06. The number of hydrogen-bond donors (Lipinski definition) is 4. The second-order valence-electron chi connectivity index (χ2n) is 5.94. The Kier molecular flexibility index (Phi) is 6.06. The van der Waals surface area contributed by atoms with Crippen LogP contribution in [0.4, 0.5) is 11.5 Å². The van der Waals surface area contributed by atoms with E-state index >= 15 is 0 Å². The second kappa shape index (κ2) is 8.11. The maximum absolute atomic E-state index is 10.6. The standard InChI is InChI=1S/C11H13N3.C7H6O6S/c1-14(2)11-7-9(12)8-5-3-4-6-10(8)13-11;8-6-2-1-4(14(11,12)13)3-5(6)7(9)10/h3-7H,1-2H3,(H2,12,13);1-3,8H,(H,9,10)(H,11,12,13). The topological polar surface area (TPSA) is 154 Å². The van der Waals surface area contributed by atoms with Crippen molar-refractivity contribution in [1.29, 1.82) is 0 Å². The van der Waals surface area contributed by atoms with Gasteiger partial charge in [0.05, 0.1) is 10.4 Å². The molecule has 0 saturated heterocycles. The number of pyridine rings is 1.